The molecule has 0 radical (unpaired) electrons. The van der Waals surface area contributed by atoms with Crippen LogP contribution in [0.3, 0.4) is 0 Å². The lowest BCUT2D eigenvalue weighted by Gasteiger charge is -2.06. The summed E-state index contributed by atoms with van der Waals surface area (Å²) in [7, 11) is 0. The van der Waals surface area contributed by atoms with Gasteiger partial charge in [-0.1, -0.05) is 30.3 Å². The Balaban J connectivity index is 1.74. The Hall–Kier alpha value is -1.51. The average Bonchev–Trinajstić information content (AvgIpc) is 2.89. The predicted molar refractivity (Wildman–Crippen MR) is 85.2 cm³/mol. The van der Waals surface area contributed by atoms with Crippen LogP contribution in [-0.2, 0) is 12.4 Å². The molecule has 1 heterocycles. The topological polar surface area (TPSA) is 12.0 Å². The summed E-state index contributed by atoms with van der Waals surface area (Å²) >= 11 is 7.58. The molecule has 0 atom stereocenters. The number of benzene rings is 2. The molecular weight excluding hydrogens is 274 g/mol. The van der Waals surface area contributed by atoms with Gasteiger partial charge in [0.1, 0.15) is 0 Å². The molecule has 1 aromatic heterocycles. The van der Waals surface area contributed by atoms with Gasteiger partial charge in [0.15, 0.2) is 0 Å². The molecule has 3 aromatic rings. The zero-order chi connectivity index (χ0) is 13.1. The Bertz CT molecular complexity index is 673. The Morgan fingerprint density at radius 1 is 1.00 bits per heavy atom. The number of hydrogen-bond donors (Lipinski definition) is 1. The Morgan fingerprint density at radius 3 is 2.58 bits per heavy atom. The lowest BCUT2D eigenvalue weighted by molar-refractivity contribution is 1.18. The zero-order valence-electron chi connectivity index (χ0n) is 10.4. The smallest absolute Gasteiger partial charge is 0.0474 e. The van der Waals surface area contributed by atoms with Gasteiger partial charge in [-0.2, -0.15) is 0 Å². The van der Waals surface area contributed by atoms with E-state index >= 15 is 0 Å². The summed E-state index contributed by atoms with van der Waals surface area (Å²) in [5.74, 6) is 0.565. The minimum absolute atomic E-state index is 0.565. The van der Waals surface area contributed by atoms with E-state index in [0.29, 0.717) is 5.88 Å². The fourth-order valence-corrected chi connectivity index (χ4v) is 3.22. The van der Waals surface area contributed by atoms with Crippen molar-refractivity contribution in [3.8, 4) is 0 Å². The minimum atomic E-state index is 0.565. The zero-order valence-corrected chi connectivity index (χ0v) is 12.0. The highest BCUT2D eigenvalue weighted by molar-refractivity contribution is 7.17. The van der Waals surface area contributed by atoms with Gasteiger partial charge in [-0.05, 0) is 40.1 Å². The van der Waals surface area contributed by atoms with Crippen LogP contribution in [0.1, 0.15) is 11.1 Å². The van der Waals surface area contributed by atoms with Gasteiger partial charge in [0, 0.05) is 22.8 Å². The summed E-state index contributed by atoms with van der Waals surface area (Å²) in [6.45, 7) is 0.851. The van der Waals surface area contributed by atoms with Crippen LogP contribution in [0.2, 0.25) is 0 Å². The molecule has 2 aromatic carbocycles. The molecule has 0 unspecified atom stereocenters. The standard InChI is InChI=1S/C16H14ClNS/c17-9-12-5-7-14(8-6-12)18-10-13-11-19-16-4-2-1-3-15(13)16/h1-8,11,18H,9-10H2. The highest BCUT2D eigenvalue weighted by Crippen LogP contribution is 2.26. The van der Waals surface area contributed by atoms with E-state index < -0.39 is 0 Å². The van der Waals surface area contributed by atoms with Gasteiger partial charge in [-0.3, -0.25) is 0 Å². The fourth-order valence-electron chi connectivity index (χ4n) is 2.08. The molecule has 0 bridgehead atoms. The summed E-state index contributed by atoms with van der Waals surface area (Å²) in [4.78, 5) is 0. The molecule has 0 fully saturated rings. The highest BCUT2D eigenvalue weighted by Gasteiger charge is 2.02. The number of anilines is 1. The second-order valence-electron chi connectivity index (χ2n) is 4.44. The van der Waals surface area contributed by atoms with E-state index in [0.717, 1.165) is 17.8 Å². The largest absolute Gasteiger partial charge is 0.381 e. The van der Waals surface area contributed by atoms with Crippen LogP contribution < -0.4 is 5.32 Å². The normalized spacial score (nSPS) is 10.8. The van der Waals surface area contributed by atoms with Crippen molar-refractivity contribution in [3.63, 3.8) is 0 Å². The van der Waals surface area contributed by atoms with E-state index in [2.05, 4.69) is 59.2 Å². The van der Waals surface area contributed by atoms with Gasteiger partial charge in [0.05, 0.1) is 0 Å². The molecule has 0 aliphatic rings. The summed E-state index contributed by atoms with van der Waals surface area (Å²) in [5, 5.41) is 7.03. The number of rotatable bonds is 4. The van der Waals surface area contributed by atoms with Crippen LogP contribution in [0.15, 0.2) is 53.9 Å². The second-order valence-corrected chi connectivity index (χ2v) is 5.62. The average molecular weight is 288 g/mol. The summed E-state index contributed by atoms with van der Waals surface area (Å²) in [6.07, 6.45) is 0. The van der Waals surface area contributed by atoms with Crippen molar-refractivity contribution in [2.45, 2.75) is 12.4 Å². The van der Waals surface area contributed by atoms with Gasteiger partial charge >= 0.3 is 0 Å². The van der Waals surface area contributed by atoms with Gasteiger partial charge < -0.3 is 5.32 Å². The van der Waals surface area contributed by atoms with Crippen LogP contribution in [0.25, 0.3) is 10.1 Å². The number of hydrogen-bond acceptors (Lipinski definition) is 2. The van der Waals surface area contributed by atoms with Crippen LogP contribution in [0, 0.1) is 0 Å². The first-order chi connectivity index (χ1) is 9.36. The van der Waals surface area contributed by atoms with Gasteiger partial charge in [-0.15, -0.1) is 22.9 Å². The van der Waals surface area contributed by atoms with Gasteiger partial charge in [0.2, 0.25) is 0 Å². The third-order valence-electron chi connectivity index (χ3n) is 3.15. The summed E-state index contributed by atoms with van der Waals surface area (Å²) < 4.78 is 1.34. The van der Waals surface area contributed by atoms with Crippen molar-refractivity contribution in [1.82, 2.24) is 0 Å². The molecule has 0 aliphatic carbocycles. The van der Waals surface area contributed by atoms with E-state index in [4.69, 9.17) is 11.6 Å². The van der Waals surface area contributed by atoms with Crippen molar-refractivity contribution in [2.24, 2.45) is 0 Å². The number of halogens is 1. The monoisotopic (exact) mass is 287 g/mol. The van der Waals surface area contributed by atoms with Crippen molar-refractivity contribution in [3.05, 3.63) is 65.0 Å². The molecule has 19 heavy (non-hydrogen) atoms. The molecule has 96 valence electrons. The van der Waals surface area contributed by atoms with E-state index in [9.17, 15) is 0 Å². The van der Waals surface area contributed by atoms with Gasteiger partial charge in [-0.25, -0.2) is 0 Å². The maximum atomic E-state index is 5.78. The molecule has 3 rings (SSSR count). The molecule has 3 heteroatoms. The predicted octanol–water partition coefficient (Wildman–Crippen LogP) is 5.25. The fraction of sp³-hybridized carbons (Fsp3) is 0.125. The third kappa shape index (κ3) is 2.75. The number of nitrogens with one attached hydrogen (secondary N) is 1. The molecule has 0 aliphatic heterocycles. The SMILES string of the molecule is ClCc1ccc(NCc2csc3ccccc23)cc1. The molecule has 0 spiro atoms. The quantitative estimate of drug-likeness (QED) is 0.646. The molecule has 0 amide bonds. The van der Waals surface area contributed by atoms with Crippen LogP contribution in [-0.4, -0.2) is 0 Å². The first kappa shape index (κ1) is 12.5. The molecule has 1 N–H and O–H groups in total. The van der Waals surface area contributed by atoms with Gasteiger partial charge in [0.25, 0.3) is 0 Å². The highest BCUT2D eigenvalue weighted by atomic mass is 35.5. The number of fused-ring (bicyclic) bond motifs is 1. The lowest BCUT2D eigenvalue weighted by Crippen LogP contribution is -1.98. The van der Waals surface area contributed by atoms with E-state index in [1.165, 1.54) is 15.6 Å². The Kier molecular flexibility index (Phi) is 3.72. The third-order valence-corrected chi connectivity index (χ3v) is 4.47. The number of thiophene rings is 1. The maximum absolute atomic E-state index is 5.78. The minimum Gasteiger partial charge on any atom is -0.381 e. The van der Waals surface area contributed by atoms with Crippen molar-refractivity contribution in [1.29, 1.82) is 0 Å². The van der Waals surface area contributed by atoms with Crippen LogP contribution in [0.5, 0.6) is 0 Å². The van der Waals surface area contributed by atoms with Crippen molar-refractivity contribution in [2.75, 3.05) is 5.32 Å². The summed E-state index contributed by atoms with van der Waals surface area (Å²) in [6, 6.07) is 16.8. The van der Waals surface area contributed by atoms with Crippen LogP contribution in [0.4, 0.5) is 5.69 Å². The Morgan fingerprint density at radius 2 is 1.79 bits per heavy atom. The Labute approximate surface area is 121 Å². The van der Waals surface area contributed by atoms with Crippen molar-refractivity contribution >= 4 is 38.7 Å². The van der Waals surface area contributed by atoms with Crippen molar-refractivity contribution < 1.29 is 0 Å². The lowest BCUT2D eigenvalue weighted by atomic mass is 10.1. The number of alkyl halides is 1. The summed E-state index contributed by atoms with van der Waals surface area (Å²) in [5.41, 5.74) is 3.62. The molecule has 0 saturated carbocycles. The first-order valence-electron chi connectivity index (χ1n) is 6.21. The van der Waals surface area contributed by atoms with E-state index in [1.54, 1.807) is 11.3 Å². The molecule has 0 saturated heterocycles. The maximum Gasteiger partial charge on any atom is 0.0474 e. The van der Waals surface area contributed by atoms with Crippen LogP contribution >= 0.6 is 22.9 Å². The first-order valence-corrected chi connectivity index (χ1v) is 7.62. The molecule has 1 nitrogen and oxygen atoms in total. The second kappa shape index (κ2) is 5.64. The van der Waals surface area contributed by atoms with E-state index in [1.807, 2.05) is 0 Å². The molecular formula is C16H14ClNS. The van der Waals surface area contributed by atoms with E-state index in [-0.39, 0.29) is 0 Å².